The Morgan fingerprint density at radius 1 is 0.659 bits per heavy atom. The normalized spacial score (nSPS) is 20.3. The number of anilines is 1. The van der Waals surface area contributed by atoms with Crippen molar-refractivity contribution >= 4 is 97.9 Å². The highest BCUT2D eigenvalue weighted by Gasteiger charge is 2.36. The molecule has 28 heteroatoms. The average Bonchev–Trinajstić information content (AvgIpc) is 3.68. The highest BCUT2D eigenvalue weighted by atomic mass is 35.5. The minimum Gasteiger partial charge on any atom is -0.508 e. The maximum atomic E-state index is 14.9. The number of aliphatic hydroxyl groups is 1. The molecule has 10 amide bonds. The van der Waals surface area contributed by atoms with Gasteiger partial charge in [-0.15, -0.1) is 0 Å². The second-order valence-corrected chi connectivity index (χ2v) is 23.3. The number of phenolic OH excluding ortho intramolecular Hbond substituents is 2. The van der Waals surface area contributed by atoms with E-state index in [4.69, 9.17) is 34.5 Å². The van der Waals surface area contributed by atoms with Gasteiger partial charge >= 0.3 is 0 Å². The molecule has 9 atom stereocenters. The van der Waals surface area contributed by atoms with E-state index >= 15 is 0 Å². The van der Waals surface area contributed by atoms with Gasteiger partial charge in [-0.3, -0.25) is 47.9 Å². The van der Waals surface area contributed by atoms with Crippen LogP contribution in [0.4, 0.5) is 5.69 Å². The topological polar surface area (TPSA) is 432 Å². The number of hydrogen-bond acceptors (Lipinski definition) is 17. The standard InChI is InChI=1S/C57H73ClN12O13S2/c1-31(71)49-57(83)69-46(56(82)66-42(50(62)76)26-34-9-18-38(72)19-10-34)30-85-84-29-45(64-48(75)24-13-32-5-14-36(58)15-6-32)55(81)68-44(28-35-11-20-39(73)21-12-35)54(80)67-43(53(79)65-41(52(78)70-49)4-2-3-25-59)27-33-7-16-37(17-8-33)63-51(77)40(60)22-23-47(61)74/h5-12,14-21,31,40-46,49,71-73H,2-4,13,22-30,59-60H2,1H3,(H2,61,74)(H2,62,76)(H,63,77)(H,64,75)(H,65,79)(H,66,82)(H,67,80)(H,68,81)(H,69,83)(H,70,78)/t31?,40-,41-,42+,43+,44-,45+,46-,49?/m0/s1. The summed E-state index contributed by atoms with van der Waals surface area (Å²) in [4.78, 5) is 138. The minimum atomic E-state index is -1.77. The van der Waals surface area contributed by atoms with Gasteiger partial charge in [-0.2, -0.15) is 0 Å². The van der Waals surface area contributed by atoms with Crippen LogP contribution in [0, 0.1) is 0 Å². The maximum Gasteiger partial charge on any atom is 0.245 e. The van der Waals surface area contributed by atoms with Crippen molar-refractivity contribution in [1.82, 2.24) is 37.2 Å². The second-order valence-electron chi connectivity index (χ2n) is 20.3. The number of carbonyl (C=O) groups is 10. The predicted octanol–water partition coefficient (Wildman–Crippen LogP) is -0.273. The van der Waals surface area contributed by atoms with Gasteiger partial charge in [-0.1, -0.05) is 81.7 Å². The summed E-state index contributed by atoms with van der Waals surface area (Å²) in [5.41, 5.74) is 25.1. The third-order valence-electron chi connectivity index (χ3n) is 13.4. The molecular weight excluding hydrogens is 1160 g/mol. The summed E-state index contributed by atoms with van der Waals surface area (Å²) in [6, 6.07) is 12.8. The Bertz CT molecular complexity index is 2950. The second kappa shape index (κ2) is 34.1. The Labute approximate surface area is 503 Å². The van der Waals surface area contributed by atoms with Gasteiger partial charge in [-0.25, -0.2) is 0 Å². The number of rotatable bonds is 23. The number of aryl methyl sites for hydroxylation is 1. The van der Waals surface area contributed by atoms with Crippen molar-refractivity contribution in [3.8, 4) is 11.5 Å². The Balaban J connectivity index is 1.56. The zero-order chi connectivity index (χ0) is 62.2. The van der Waals surface area contributed by atoms with Crippen LogP contribution in [-0.4, -0.2) is 147 Å². The lowest BCUT2D eigenvalue weighted by Crippen LogP contribution is -2.62. The fourth-order valence-corrected chi connectivity index (χ4v) is 11.0. The van der Waals surface area contributed by atoms with Gasteiger partial charge in [-0.05, 0) is 116 Å². The summed E-state index contributed by atoms with van der Waals surface area (Å²) in [7, 11) is 1.95. The molecule has 0 aliphatic carbocycles. The molecule has 4 aromatic carbocycles. The van der Waals surface area contributed by atoms with Crippen molar-refractivity contribution in [1.29, 1.82) is 0 Å². The Morgan fingerprint density at radius 3 is 1.75 bits per heavy atom. The van der Waals surface area contributed by atoms with E-state index in [2.05, 4.69) is 42.5 Å². The fourth-order valence-electron chi connectivity index (χ4n) is 8.55. The maximum absolute atomic E-state index is 14.9. The molecule has 19 N–H and O–H groups in total. The first kappa shape index (κ1) is 67.8. The van der Waals surface area contributed by atoms with Crippen molar-refractivity contribution in [2.45, 2.75) is 126 Å². The molecule has 1 fully saturated rings. The van der Waals surface area contributed by atoms with Crippen LogP contribution in [0.15, 0.2) is 97.1 Å². The number of phenols is 2. The molecule has 0 aromatic heterocycles. The number of nitrogens with one attached hydrogen (secondary N) is 8. The number of benzene rings is 4. The lowest BCUT2D eigenvalue weighted by Gasteiger charge is -2.29. The highest BCUT2D eigenvalue weighted by molar-refractivity contribution is 8.76. The molecule has 1 saturated heterocycles. The zero-order valence-corrected chi connectivity index (χ0v) is 48.9. The van der Waals surface area contributed by atoms with Crippen molar-refractivity contribution in [2.75, 3.05) is 23.4 Å². The number of unbranched alkanes of at least 4 members (excludes halogenated alkanes) is 1. The third-order valence-corrected chi connectivity index (χ3v) is 16.1. The number of hydrogen-bond donors (Lipinski definition) is 15. The van der Waals surface area contributed by atoms with Crippen LogP contribution in [0.25, 0.3) is 0 Å². The van der Waals surface area contributed by atoms with E-state index in [9.17, 15) is 63.3 Å². The minimum absolute atomic E-state index is 0.00961. The molecule has 5 rings (SSSR count). The van der Waals surface area contributed by atoms with E-state index in [0.717, 1.165) is 27.2 Å². The SMILES string of the molecule is CC(O)C1NC(=O)[C@H](CCCCN)NC(=O)[C@@H](Cc2ccc(NC(=O)[C@@H](N)CCC(N)=O)cc2)NC(=O)[C@H](Cc2ccc(O)cc2)NC(=O)[C@H](NC(=O)CCc2ccc(Cl)cc2)CSSC[C@@H](C(=O)N[C@H](Cc2ccc(O)cc2)C(N)=O)NC1=O. The van der Waals surface area contributed by atoms with Gasteiger partial charge in [0, 0.05) is 54.3 Å². The molecule has 2 unspecified atom stereocenters. The van der Waals surface area contributed by atoms with E-state index < -0.39 is 114 Å². The van der Waals surface area contributed by atoms with E-state index in [1.807, 2.05) is 0 Å². The Hall–Kier alpha value is -7.95. The molecule has 4 aromatic rings. The average molecular weight is 1230 g/mol. The quantitative estimate of drug-likeness (QED) is 0.0336. The molecular formula is C57H73ClN12O13S2. The summed E-state index contributed by atoms with van der Waals surface area (Å²) in [5, 5.41) is 52.7. The third kappa shape index (κ3) is 23.2. The summed E-state index contributed by atoms with van der Waals surface area (Å²) in [6.07, 6.45) is -1.65. The number of halogens is 1. The number of aliphatic hydroxyl groups excluding tert-OH is 1. The zero-order valence-electron chi connectivity index (χ0n) is 46.6. The van der Waals surface area contributed by atoms with Crippen molar-refractivity contribution in [3.63, 3.8) is 0 Å². The largest absolute Gasteiger partial charge is 0.508 e. The molecule has 458 valence electrons. The van der Waals surface area contributed by atoms with E-state index in [1.54, 1.807) is 36.4 Å². The van der Waals surface area contributed by atoms with E-state index in [-0.39, 0.29) is 93.0 Å². The van der Waals surface area contributed by atoms with Gasteiger partial charge < -0.3 is 80.8 Å². The molecule has 1 aliphatic heterocycles. The van der Waals surface area contributed by atoms with Gasteiger partial charge in [0.2, 0.25) is 59.1 Å². The molecule has 0 radical (unpaired) electrons. The van der Waals surface area contributed by atoms with Gasteiger partial charge in [0.1, 0.15) is 53.8 Å². The first-order valence-corrected chi connectivity index (χ1v) is 30.1. The molecule has 25 nitrogen and oxygen atoms in total. The number of amides is 10. The van der Waals surface area contributed by atoms with Gasteiger partial charge in [0.25, 0.3) is 0 Å². The van der Waals surface area contributed by atoms with Crippen LogP contribution in [0.5, 0.6) is 11.5 Å². The van der Waals surface area contributed by atoms with Crippen molar-refractivity contribution in [3.05, 3.63) is 124 Å². The number of primary amides is 2. The lowest BCUT2D eigenvalue weighted by molar-refractivity contribution is -0.136. The van der Waals surface area contributed by atoms with Crippen molar-refractivity contribution < 1.29 is 63.3 Å². The summed E-state index contributed by atoms with van der Waals surface area (Å²) >= 11 is 6.08. The van der Waals surface area contributed by atoms with Gasteiger partial charge in [0.05, 0.1) is 12.1 Å². The van der Waals surface area contributed by atoms with Crippen LogP contribution in [0.1, 0.15) is 67.7 Å². The Morgan fingerprint density at radius 2 is 1.19 bits per heavy atom. The summed E-state index contributed by atoms with van der Waals surface area (Å²) in [6.45, 7) is 1.40. The van der Waals surface area contributed by atoms with Crippen LogP contribution < -0.4 is 65.5 Å². The van der Waals surface area contributed by atoms with Gasteiger partial charge in [0.15, 0.2) is 0 Å². The van der Waals surface area contributed by atoms with Crippen LogP contribution >= 0.6 is 33.2 Å². The van der Waals surface area contributed by atoms with Crippen LogP contribution in [0.2, 0.25) is 5.02 Å². The van der Waals surface area contributed by atoms with Crippen LogP contribution in [0.3, 0.4) is 0 Å². The first-order chi connectivity index (χ1) is 40.5. The molecule has 85 heavy (non-hydrogen) atoms. The van der Waals surface area contributed by atoms with Crippen LogP contribution in [-0.2, 0) is 73.6 Å². The number of carbonyl (C=O) groups excluding carboxylic acids is 10. The monoisotopic (exact) mass is 1230 g/mol. The number of nitrogens with two attached hydrogens (primary N) is 4. The molecule has 1 heterocycles. The predicted molar refractivity (Wildman–Crippen MR) is 321 cm³/mol. The molecule has 0 saturated carbocycles. The summed E-state index contributed by atoms with van der Waals surface area (Å²) in [5.74, 6) is -9.02. The molecule has 0 spiro atoms. The fraction of sp³-hybridized carbons (Fsp3) is 0.404. The molecule has 1 aliphatic rings. The Kier molecular flexibility index (Phi) is 27.2. The number of aromatic hydroxyl groups is 2. The highest BCUT2D eigenvalue weighted by Crippen LogP contribution is 2.25. The first-order valence-electron chi connectivity index (χ1n) is 27.3. The molecule has 0 bridgehead atoms. The smallest absolute Gasteiger partial charge is 0.245 e. The van der Waals surface area contributed by atoms with E-state index in [0.29, 0.717) is 28.1 Å². The lowest BCUT2D eigenvalue weighted by atomic mass is 10.0. The van der Waals surface area contributed by atoms with E-state index in [1.165, 1.54) is 67.6 Å². The van der Waals surface area contributed by atoms with Crippen molar-refractivity contribution in [2.24, 2.45) is 22.9 Å². The summed E-state index contributed by atoms with van der Waals surface area (Å²) < 4.78 is 0.